The zero-order valence-electron chi connectivity index (χ0n) is 18.8. The molecule has 33 heavy (non-hydrogen) atoms. The first-order chi connectivity index (χ1) is 15.9. The van der Waals surface area contributed by atoms with Crippen molar-refractivity contribution in [2.45, 2.75) is 33.1 Å². The molecule has 3 aromatic rings. The molecule has 1 aliphatic heterocycles. The second-order valence-electron chi connectivity index (χ2n) is 8.03. The summed E-state index contributed by atoms with van der Waals surface area (Å²) in [4.78, 5) is 17.7. The lowest BCUT2D eigenvalue weighted by atomic mass is 9.79. The number of allylic oxidation sites excluding steroid dienone is 3. The molecule has 0 aliphatic carbocycles. The monoisotopic (exact) mass is 441 g/mol. The van der Waals surface area contributed by atoms with Crippen molar-refractivity contribution in [1.82, 2.24) is 10.3 Å². The van der Waals surface area contributed by atoms with E-state index in [-0.39, 0.29) is 5.82 Å². The van der Waals surface area contributed by atoms with Gasteiger partial charge in [0.25, 0.3) is 0 Å². The minimum Gasteiger partial charge on any atom is -0.462 e. The van der Waals surface area contributed by atoms with E-state index >= 15 is 0 Å². The predicted molar refractivity (Wildman–Crippen MR) is 125 cm³/mol. The van der Waals surface area contributed by atoms with Gasteiger partial charge in [0, 0.05) is 28.5 Å². The van der Waals surface area contributed by atoms with Gasteiger partial charge in [0.1, 0.15) is 5.82 Å². The number of hydrogen-bond donors (Lipinski definition) is 1. The first kappa shape index (κ1) is 22.2. The number of halogens is 1. The largest absolute Gasteiger partial charge is 0.462 e. The van der Waals surface area contributed by atoms with Gasteiger partial charge in [-0.2, -0.15) is 5.26 Å². The normalized spacial score (nSPS) is 15.9. The number of esters is 1. The number of nitrogens with one attached hydrogen (secondary N) is 1. The van der Waals surface area contributed by atoms with Gasteiger partial charge in [0.15, 0.2) is 0 Å². The Hall–Kier alpha value is -3.98. The first-order valence-electron chi connectivity index (χ1n) is 10.8. The van der Waals surface area contributed by atoms with Crippen molar-refractivity contribution in [3.63, 3.8) is 0 Å². The summed E-state index contributed by atoms with van der Waals surface area (Å²) in [6.07, 6.45) is 2.45. The van der Waals surface area contributed by atoms with Crippen LogP contribution in [-0.4, -0.2) is 17.6 Å². The summed E-state index contributed by atoms with van der Waals surface area (Å²) >= 11 is 0. The quantitative estimate of drug-likeness (QED) is 0.510. The Labute approximate surface area is 192 Å². The Morgan fingerprint density at radius 3 is 2.61 bits per heavy atom. The second-order valence-corrected chi connectivity index (χ2v) is 8.03. The molecule has 0 saturated heterocycles. The lowest BCUT2D eigenvalue weighted by Crippen LogP contribution is -2.29. The fourth-order valence-corrected chi connectivity index (χ4v) is 4.22. The summed E-state index contributed by atoms with van der Waals surface area (Å²) in [6, 6.07) is 16.2. The van der Waals surface area contributed by atoms with E-state index in [1.807, 2.05) is 45.0 Å². The fourth-order valence-electron chi connectivity index (χ4n) is 4.22. The lowest BCUT2D eigenvalue weighted by molar-refractivity contribution is -0.139. The van der Waals surface area contributed by atoms with E-state index in [0.29, 0.717) is 35.6 Å². The molecular weight excluding hydrogens is 417 g/mol. The van der Waals surface area contributed by atoms with E-state index in [9.17, 15) is 14.4 Å². The Morgan fingerprint density at radius 2 is 1.91 bits per heavy atom. The topological polar surface area (TPSA) is 75.0 Å². The van der Waals surface area contributed by atoms with Crippen molar-refractivity contribution in [3.05, 3.63) is 88.6 Å². The van der Waals surface area contributed by atoms with E-state index < -0.39 is 11.9 Å². The number of hydrogen-bond acceptors (Lipinski definition) is 5. The predicted octanol–water partition coefficient (Wildman–Crippen LogP) is 5.75. The van der Waals surface area contributed by atoms with Gasteiger partial charge in [-0.15, -0.1) is 0 Å². The molecule has 1 aliphatic rings. The SMILES string of the molecule is CCCOC(=O)C1=C(C)NC(C)=C(C#N)C1c1cccc2ncc(-c3ccc(F)cc3)cc12. The highest BCUT2D eigenvalue weighted by Gasteiger charge is 2.35. The second kappa shape index (κ2) is 9.25. The van der Waals surface area contributed by atoms with Gasteiger partial charge >= 0.3 is 5.97 Å². The number of pyridine rings is 1. The summed E-state index contributed by atoms with van der Waals surface area (Å²) < 4.78 is 18.9. The highest BCUT2D eigenvalue weighted by atomic mass is 19.1. The number of carbonyl (C=O) groups is 1. The van der Waals surface area contributed by atoms with Crippen molar-refractivity contribution in [2.75, 3.05) is 6.61 Å². The number of aromatic nitrogens is 1. The minimum atomic E-state index is -0.588. The van der Waals surface area contributed by atoms with Gasteiger partial charge in [-0.05, 0) is 55.7 Å². The molecule has 2 heterocycles. The Morgan fingerprint density at radius 1 is 1.15 bits per heavy atom. The van der Waals surface area contributed by atoms with Crippen LogP contribution in [0.1, 0.15) is 38.7 Å². The van der Waals surface area contributed by atoms with Crippen LogP contribution in [0.5, 0.6) is 0 Å². The highest BCUT2D eigenvalue weighted by molar-refractivity contribution is 5.96. The average Bonchev–Trinajstić information content (AvgIpc) is 2.82. The summed E-state index contributed by atoms with van der Waals surface area (Å²) in [5, 5.41) is 14.0. The van der Waals surface area contributed by atoms with Gasteiger partial charge in [0.05, 0.1) is 35.3 Å². The zero-order valence-corrected chi connectivity index (χ0v) is 18.8. The van der Waals surface area contributed by atoms with Crippen LogP contribution >= 0.6 is 0 Å². The maximum Gasteiger partial charge on any atom is 0.336 e. The minimum absolute atomic E-state index is 0.304. The maximum absolute atomic E-state index is 13.4. The molecule has 0 bridgehead atoms. The van der Waals surface area contributed by atoms with E-state index in [2.05, 4.69) is 16.4 Å². The molecule has 0 fully saturated rings. The molecule has 0 saturated carbocycles. The molecule has 1 atom stereocenters. The molecule has 4 rings (SSSR count). The van der Waals surface area contributed by atoms with Crippen molar-refractivity contribution < 1.29 is 13.9 Å². The molecular formula is C27H24FN3O2. The van der Waals surface area contributed by atoms with E-state index in [1.165, 1.54) is 12.1 Å². The third kappa shape index (κ3) is 4.22. The molecule has 6 heteroatoms. The van der Waals surface area contributed by atoms with Gasteiger partial charge < -0.3 is 10.1 Å². The Balaban J connectivity index is 1.92. The number of nitriles is 1. The first-order valence-corrected chi connectivity index (χ1v) is 10.8. The highest BCUT2D eigenvalue weighted by Crippen LogP contribution is 2.41. The smallest absolute Gasteiger partial charge is 0.336 e. The number of dihydropyridines is 1. The van der Waals surface area contributed by atoms with Crippen molar-refractivity contribution in [2.24, 2.45) is 0 Å². The van der Waals surface area contributed by atoms with Crippen LogP contribution in [0.25, 0.3) is 22.0 Å². The average molecular weight is 442 g/mol. The van der Waals surface area contributed by atoms with Gasteiger partial charge in [-0.1, -0.05) is 31.2 Å². The number of carbonyl (C=O) groups excluding carboxylic acids is 1. The van der Waals surface area contributed by atoms with Gasteiger partial charge in [0.2, 0.25) is 0 Å². The Bertz CT molecular complexity index is 1330. The number of ether oxygens (including phenoxy) is 1. The van der Waals surface area contributed by atoms with Gasteiger partial charge in [-0.25, -0.2) is 9.18 Å². The van der Waals surface area contributed by atoms with Crippen molar-refractivity contribution >= 4 is 16.9 Å². The van der Waals surface area contributed by atoms with Crippen LogP contribution in [0, 0.1) is 17.1 Å². The van der Waals surface area contributed by atoms with Crippen LogP contribution in [0.15, 0.2) is 77.3 Å². The molecule has 0 spiro atoms. The van der Waals surface area contributed by atoms with Crippen molar-refractivity contribution in [1.29, 1.82) is 5.26 Å². The van der Waals surface area contributed by atoms with E-state index in [0.717, 1.165) is 27.6 Å². The summed E-state index contributed by atoms with van der Waals surface area (Å²) in [5.41, 5.74) is 5.43. The third-order valence-corrected chi connectivity index (χ3v) is 5.79. The maximum atomic E-state index is 13.4. The number of nitrogens with zero attached hydrogens (tertiary/aromatic N) is 2. The molecule has 1 N–H and O–H groups in total. The van der Waals surface area contributed by atoms with Gasteiger partial charge in [-0.3, -0.25) is 4.98 Å². The molecule has 1 unspecified atom stereocenters. The number of fused-ring (bicyclic) bond motifs is 1. The van der Waals surface area contributed by atoms with E-state index in [4.69, 9.17) is 4.74 Å². The number of benzene rings is 2. The van der Waals surface area contributed by atoms with Crippen LogP contribution in [0.3, 0.4) is 0 Å². The standard InChI is InChI=1S/C27H24FN3O2/c1-4-12-33-27(32)25-17(3)31-16(2)23(14-29)26(25)21-6-5-7-24-22(21)13-19(15-30-24)18-8-10-20(28)11-9-18/h5-11,13,15,26,31H,4,12H2,1-3H3. The molecule has 166 valence electrons. The summed E-state index contributed by atoms with van der Waals surface area (Å²) in [7, 11) is 0. The molecule has 2 aromatic carbocycles. The van der Waals surface area contributed by atoms with E-state index in [1.54, 1.807) is 18.3 Å². The molecule has 0 amide bonds. The van der Waals surface area contributed by atoms with Crippen LogP contribution < -0.4 is 5.32 Å². The molecule has 0 radical (unpaired) electrons. The number of rotatable bonds is 5. The molecule has 5 nitrogen and oxygen atoms in total. The zero-order chi connectivity index (χ0) is 23.5. The lowest BCUT2D eigenvalue weighted by Gasteiger charge is -2.29. The molecule has 1 aromatic heterocycles. The van der Waals surface area contributed by atoms with Crippen LogP contribution in [-0.2, 0) is 9.53 Å². The van der Waals surface area contributed by atoms with Crippen molar-refractivity contribution in [3.8, 4) is 17.2 Å². The Kier molecular flexibility index (Phi) is 6.23. The third-order valence-electron chi connectivity index (χ3n) is 5.79. The van der Waals surface area contributed by atoms with Crippen LogP contribution in [0.4, 0.5) is 4.39 Å². The van der Waals surface area contributed by atoms with Crippen LogP contribution in [0.2, 0.25) is 0 Å². The fraction of sp³-hybridized carbons (Fsp3) is 0.222. The summed E-state index contributed by atoms with van der Waals surface area (Å²) in [5.74, 6) is -1.33. The summed E-state index contributed by atoms with van der Waals surface area (Å²) in [6.45, 7) is 5.89.